The quantitative estimate of drug-likeness (QED) is 0.599. The first-order valence-corrected chi connectivity index (χ1v) is 4.32. The molecule has 0 aliphatic rings. The molecule has 1 aromatic rings. The Hall–Kier alpha value is 0.0662. The molecule has 12 heavy (non-hydrogen) atoms. The molecule has 64 valence electrons. The van der Waals surface area contributed by atoms with Crippen molar-refractivity contribution in [3.05, 3.63) is 24.3 Å². The number of ether oxygens (including phenoxy) is 2. The number of benzene rings is 1. The van der Waals surface area contributed by atoms with Crippen molar-refractivity contribution in [2.75, 3.05) is 12.6 Å². The molecule has 0 amide bonds. The van der Waals surface area contributed by atoms with Crippen LogP contribution in [-0.2, 0) is 0 Å². The fourth-order valence-electron chi connectivity index (χ4n) is 0.735. The van der Waals surface area contributed by atoms with Crippen molar-refractivity contribution in [1.29, 1.82) is 0 Å². The summed E-state index contributed by atoms with van der Waals surface area (Å²) in [4.78, 5) is 0. The molecule has 1 rings (SSSR count). The Bertz CT molecular complexity index is 221. The van der Waals surface area contributed by atoms with Crippen LogP contribution in [0.3, 0.4) is 0 Å². The van der Waals surface area contributed by atoms with Crippen LogP contribution in [0.4, 0.5) is 0 Å². The Labute approximate surface area is 99.5 Å². The molecule has 0 aromatic heterocycles. The first-order valence-electron chi connectivity index (χ1n) is 3.19. The van der Waals surface area contributed by atoms with Crippen LogP contribution in [0.5, 0.6) is 11.5 Å². The molecule has 0 aliphatic carbocycles. The van der Waals surface area contributed by atoms with Crippen LogP contribution in [0.2, 0.25) is 0 Å². The molecule has 0 bridgehead atoms. The smallest absolute Gasteiger partial charge is 1.00 e. The maximum absolute atomic E-state index is 5.17. The van der Waals surface area contributed by atoms with Crippen LogP contribution in [0.25, 0.3) is 0 Å². The predicted molar refractivity (Wildman–Crippen MR) is 55.4 cm³/mol. The fraction of sp³-hybridized carbons (Fsp3) is 0.250. The van der Waals surface area contributed by atoms with Gasteiger partial charge in [-0.2, -0.15) is 0 Å². The maximum atomic E-state index is 5.17. The van der Waals surface area contributed by atoms with Crippen molar-refractivity contribution >= 4 is 39.0 Å². The molecule has 0 saturated heterocycles. The van der Waals surface area contributed by atoms with Crippen molar-refractivity contribution < 1.29 is 12.3 Å². The first kappa shape index (κ1) is 12.1. The molecule has 0 saturated carbocycles. The van der Waals surface area contributed by atoms with E-state index in [1.807, 2.05) is 24.3 Å². The van der Waals surface area contributed by atoms with Crippen molar-refractivity contribution in [3.8, 4) is 11.5 Å². The van der Waals surface area contributed by atoms with Gasteiger partial charge in [0.15, 0.2) is 0 Å². The van der Waals surface area contributed by atoms with E-state index in [9.17, 15) is 0 Å². The molecule has 0 heterocycles. The van der Waals surface area contributed by atoms with Gasteiger partial charge in [-0.3, -0.25) is 0 Å². The maximum Gasteiger partial charge on any atom is 2.00 e. The average Bonchev–Trinajstić information content (AvgIpc) is 2.07. The minimum atomic E-state index is 0. The minimum absolute atomic E-state index is 0. The van der Waals surface area contributed by atoms with E-state index in [1.54, 1.807) is 7.11 Å². The summed E-state index contributed by atoms with van der Waals surface area (Å²) >= 11 is 3.17. The van der Waals surface area contributed by atoms with Crippen molar-refractivity contribution in [3.63, 3.8) is 0 Å². The number of hydrogen-bond donors (Lipinski definition) is 0. The van der Waals surface area contributed by atoms with E-state index in [4.69, 9.17) is 9.47 Å². The zero-order chi connectivity index (χ0) is 8.10. The molecule has 0 N–H and O–H groups in total. The summed E-state index contributed by atoms with van der Waals surface area (Å²) < 4.78 is 10.1. The summed E-state index contributed by atoms with van der Waals surface area (Å²) in [5, 5.41) is 0. The molecule has 4 heteroatoms. The summed E-state index contributed by atoms with van der Waals surface area (Å²) in [6.45, 7) is 0. The van der Waals surface area contributed by atoms with Gasteiger partial charge in [-0.05, 0) is 40.2 Å². The summed E-state index contributed by atoms with van der Waals surface area (Å²) in [5.74, 6) is 1.68. The molecular formula is C8H11BrMgO2. The monoisotopic (exact) mass is 242 g/mol. The molecule has 0 radical (unpaired) electrons. The van der Waals surface area contributed by atoms with E-state index in [-0.39, 0.29) is 25.9 Å². The molecule has 1 aromatic carbocycles. The fourth-order valence-corrected chi connectivity index (χ4v) is 0.999. The summed E-state index contributed by atoms with van der Waals surface area (Å²) in [5.41, 5.74) is 0.513. The zero-order valence-electron chi connectivity index (χ0n) is 8.92. The van der Waals surface area contributed by atoms with Crippen LogP contribution in [0.1, 0.15) is 2.85 Å². The molecule has 0 atom stereocenters. The van der Waals surface area contributed by atoms with Gasteiger partial charge < -0.3 is 12.3 Å². The van der Waals surface area contributed by atoms with Gasteiger partial charge in [0.1, 0.15) is 17.0 Å². The third kappa shape index (κ3) is 3.65. The Morgan fingerprint density at radius 3 is 2.17 bits per heavy atom. The van der Waals surface area contributed by atoms with Crippen molar-refractivity contribution in [1.82, 2.24) is 0 Å². The summed E-state index contributed by atoms with van der Waals surface area (Å²) in [6.07, 6.45) is 0. The molecular weight excluding hydrogens is 232 g/mol. The van der Waals surface area contributed by atoms with E-state index in [0.29, 0.717) is 5.52 Å². The third-order valence-electron chi connectivity index (χ3n) is 1.28. The van der Waals surface area contributed by atoms with Gasteiger partial charge in [-0.15, -0.1) is 0 Å². The molecule has 2 nitrogen and oxygen atoms in total. The van der Waals surface area contributed by atoms with E-state index in [2.05, 4.69) is 15.9 Å². The van der Waals surface area contributed by atoms with E-state index >= 15 is 0 Å². The van der Waals surface area contributed by atoms with Crippen LogP contribution < -0.4 is 9.47 Å². The summed E-state index contributed by atoms with van der Waals surface area (Å²) in [6, 6.07) is 7.44. The standard InChI is InChI=1S/C8H9BrO2.Mg.2H/c1-10-7-2-4-8(5-3-7)11-6-9;;;/h2-5H,6H2,1H3;;;/q;+2;2*-1. The van der Waals surface area contributed by atoms with E-state index < -0.39 is 0 Å². The van der Waals surface area contributed by atoms with E-state index in [0.717, 1.165) is 11.5 Å². The van der Waals surface area contributed by atoms with Crippen molar-refractivity contribution in [2.45, 2.75) is 0 Å². The van der Waals surface area contributed by atoms with Gasteiger partial charge >= 0.3 is 23.1 Å². The third-order valence-corrected chi connectivity index (χ3v) is 1.51. The molecule has 0 spiro atoms. The van der Waals surface area contributed by atoms with E-state index in [1.165, 1.54) is 0 Å². The Kier molecular flexibility index (Phi) is 6.60. The van der Waals surface area contributed by atoms with Gasteiger partial charge in [-0.25, -0.2) is 0 Å². The van der Waals surface area contributed by atoms with Crippen LogP contribution in [-0.4, -0.2) is 35.7 Å². The number of rotatable bonds is 3. The van der Waals surface area contributed by atoms with Gasteiger partial charge in [0.25, 0.3) is 0 Å². The van der Waals surface area contributed by atoms with Gasteiger partial charge in [0.2, 0.25) is 0 Å². The second-order valence-electron chi connectivity index (χ2n) is 1.93. The average molecular weight is 243 g/mol. The predicted octanol–water partition coefficient (Wildman–Crippen LogP) is 2.27. The topological polar surface area (TPSA) is 18.5 Å². The SMILES string of the molecule is COc1ccc(OCBr)cc1.[H-].[H-].[Mg+2]. The van der Waals surface area contributed by atoms with Crippen molar-refractivity contribution in [2.24, 2.45) is 0 Å². The molecule has 0 fully saturated rings. The zero-order valence-corrected chi connectivity index (χ0v) is 9.92. The van der Waals surface area contributed by atoms with Crippen LogP contribution in [0.15, 0.2) is 24.3 Å². The van der Waals surface area contributed by atoms with Gasteiger partial charge in [0.05, 0.1) is 7.11 Å². The number of methoxy groups -OCH3 is 1. The van der Waals surface area contributed by atoms with Crippen LogP contribution >= 0.6 is 15.9 Å². The number of hydrogen-bond acceptors (Lipinski definition) is 2. The number of alkyl halides is 1. The summed E-state index contributed by atoms with van der Waals surface area (Å²) in [7, 11) is 1.64. The minimum Gasteiger partial charge on any atom is -1.00 e. The molecule has 0 aliphatic heterocycles. The Morgan fingerprint density at radius 2 is 1.75 bits per heavy atom. The van der Waals surface area contributed by atoms with Gasteiger partial charge in [0, 0.05) is 0 Å². The first-order chi connectivity index (χ1) is 5.36. The second-order valence-corrected chi connectivity index (χ2v) is 2.39. The van der Waals surface area contributed by atoms with Gasteiger partial charge in [-0.1, -0.05) is 0 Å². The van der Waals surface area contributed by atoms with Crippen LogP contribution in [0, 0.1) is 0 Å². The Morgan fingerprint density at radius 1 is 1.25 bits per heavy atom. The second kappa shape index (κ2) is 6.57. The normalized spacial score (nSPS) is 8.50. The number of halogens is 1. The molecule has 0 unspecified atom stereocenters. The Balaban J connectivity index is -0.000000403. The largest absolute Gasteiger partial charge is 2.00 e.